The monoisotopic (exact) mass is 215 g/mol. The van der Waals surface area contributed by atoms with E-state index in [2.05, 4.69) is 5.32 Å². The number of hydrogen-bond acceptors (Lipinski definition) is 1. The molecule has 0 aliphatic heterocycles. The first kappa shape index (κ1) is 11.5. The van der Waals surface area contributed by atoms with Crippen molar-refractivity contribution in [2.45, 2.75) is 32.9 Å². The molecule has 0 radical (unpaired) electrons. The van der Waals surface area contributed by atoms with Crippen LogP contribution in [0, 0.1) is 5.82 Å². The van der Waals surface area contributed by atoms with Crippen LogP contribution in [-0.4, -0.2) is 5.54 Å². The molecule has 1 aromatic rings. The highest BCUT2D eigenvalue weighted by Gasteiger charge is 2.10. The molecule has 1 rings (SSSR count). The van der Waals surface area contributed by atoms with Crippen LogP contribution in [0.3, 0.4) is 0 Å². The summed E-state index contributed by atoms with van der Waals surface area (Å²) in [6.07, 6.45) is 0. The van der Waals surface area contributed by atoms with E-state index < -0.39 is 0 Å². The Balaban J connectivity index is 2.72. The molecule has 14 heavy (non-hydrogen) atoms. The lowest BCUT2D eigenvalue weighted by Crippen LogP contribution is -2.35. The second kappa shape index (κ2) is 4.28. The Morgan fingerprint density at radius 3 is 2.57 bits per heavy atom. The first-order valence-corrected chi connectivity index (χ1v) is 4.95. The van der Waals surface area contributed by atoms with E-state index in [0.29, 0.717) is 17.1 Å². The quantitative estimate of drug-likeness (QED) is 0.798. The van der Waals surface area contributed by atoms with Crippen LogP contribution in [0.2, 0.25) is 5.02 Å². The van der Waals surface area contributed by atoms with Gasteiger partial charge < -0.3 is 5.32 Å². The molecule has 1 nitrogen and oxygen atoms in total. The van der Waals surface area contributed by atoms with Gasteiger partial charge in [0.1, 0.15) is 5.82 Å². The summed E-state index contributed by atoms with van der Waals surface area (Å²) in [7, 11) is 0. The summed E-state index contributed by atoms with van der Waals surface area (Å²) >= 11 is 5.77. The minimum Gasteiger partial charge on any atom is -0.308 e. The third-order valence-corrected chi connectivity index (χ3v) is 2.05. The Bertz CT molecular complexity index is 318. The lowest BCUT2D eigenvalue weighted by atomic mass is 10.1. The Morgan fingerprint density at radius 1 is 1.36 bits per heavy atom. The van der Waals surface area contributed by atoms with Crippen LogP contribution in [0.15, 0.2) is 18.2 Å². The highest BCUT2D eigenvalue weighted by Crippen LogP contribution is 2.15. The molecule has 0 aliphatic carbocycles. The minimum atomic E-state index is -0.217. The van der Waals surface area contributed by atoms with Crippen molar-refractivity contribution in [2.24, 2.45) is 0 Å². The van der Waals surface area contributed by atoms with E-state index in [0.717, 1.165) is 0 Å². The van der Waals surface area contributed by atoms with Crippen LogP contribution >= 0.6 is 11.6 Å². The first-order chi connectivity index (χ1) is 6.38. The minimum absolute atomic E-state index is 0.0191. The molecule has 0 atom stereocenters. The van der Waals surface area contributed by atoms with Crippen LogP contribution in [0.5, 0.6) is 0 Å². The van der Waals surface area contributed by atoms with Crippen molar-refractivity contribution >= 4 is 11.6 Å². The summed E-state index contributed by atoms with van der Waals surface area (Å²) in [5.74, 6) is -0.217. The van der Waals surface area contributed by atoms with Gasteiger partial charge in [0, 0.05) is 22.7 Å². The smallest absolute Gasteiger partial charge is 0.127 e. The van der Waals surface area contributed by atoms with Gasteiger partial charge in [-0.3, -0.25) is 0 Å². The summed E-state index contributed by atoms with van der Waals surface area (Å²) in [6.45, 7) is 6.61. The average Bonchev–Trinajstić information content (AvgIpc) is 2.05. The summed E-state index contributed by atoms with van der Waals surface area (Å²) in [6, 6.07) is 4.59. The molecule has 1 aromatic carbocycles. The van der Waals surface area contributed by atoms with Gasteiger partial charge in [0.15, 0.2) is 0 Å². The molecule has 78 valence electrons. The molecule has 0 heterocycles. The third-order valence-electron chi connectivity index (χ3n) is 1.82. The van der Waals surface area contributed by atoms with Crippen molar-refractivity contribution in [2.75, 3.05) is 0 Å². The van der Waals surface area contributed by atoms with Gasteiger partial charge in [-0.1, -0.05) is 11.6 Å². The van der Waals surface area contributed by atoms with Gasteiger partial charge in [-0.25, -0.2) is 4.39 Å². The standard InChI is InChI=1S/C11H15ClFN/c1-11(2,3)14-7-8-6-9(12)4-5-10(8)13/h4-6,14H,7H2,1-3H3. The highest BCUT2D eigenvalue weighted by atomic mass is 35.5. The fraction of sp³-hybridized carbons (Fsp3) is 0.455. The molecule has 3 heteroatoms. The molecule has 0 aliphatic rings. The Kier molecular flexibility index (Phi) is 3.51. The number of hydrogen-bond donors (Lipinski definition) is 1. The maximum atomic E-state index is 13.2. The topological polar surface area (TPSA) is 12.0 Å². The number of benzene rings is 1. The summed E-state index contributed by atoms with van der Waals surface area (Å²) in [4.78, 5) is 0. The van der Waals surface area contributed by atoms with E-state index in [4.69, 9.17) is 11.6 Å². The molecular formula is C11H15ClFN. The molecule has 0 bridgehead atoms. The molecule has 0 amide bonds. The molecule has 0 aromatic heterocycles. The Hall–Kier alpha value is -0.600. The molecular weight excluding hydrogens is 201 g/mol. The van der Waals surface area contributed by atoms with Gasteiger partial charge in [0.25, 0.3) is 0 Å². The fourth-order valence-corrected chi connectivity index (χ4v) is 1.23. The van der Waals surface area contributed by atoms with Crippen molar-refractivity contribution in [3.8, 4) is 0 Å². The maximum Gasteiger partial charge on any atom is 0.127 e. The van der Waals surface area contributed by atoms with Crippen LogP contribution in [0.25, 0.3) is 0 Å². The van der Waals surface area contributed by atoms with Gasteiger partial charge in [-0.05, 0) is 39.0 Å². The summed E-state index contributed by atoms with van der Waals surface area (Å²) < 4.78 is 13.2. The van der Waals surface area contributed by atoms with Gasteiger partial charge in [0.2, 0.25) is 0 Å². The predicted molar refractivity (Wildman–Crippen MR) is 58.0 cm³/mol. The van der Waals surface area contributed by atoms with Crippen molar-refractivity contribution in [1.82, 2.24) is 5.32 Å². The van der Waals surface area contributed by atoms with Gasteiger partial charge >= 0.3 is 0 Å². The molecule has 0 unspecified atom stereocenters. The van der Waals surface area contributed by atoms with E-state index >= 15 is 0 Å². The first-order valence-electron chi connectivity index (χ1n) is 4.57. The van der Waals surface area contributed by atoms with E-state index in [1.807, 2.05) is 20.8 Å². The lowest BCUT2D eigenvalue weighted by molar-refractivity contribution is 0.418. The second-order valence-corrected chi connectivity index (χ2v) is 4.78. The van der Waals surface area contributed by atoms with E-state index in [1.54, 1.807) is 12.1 Å². The Morgan fingerprint density at radius 2 is 2.00 bits per heavy atom. The van der Waals surface area contributed by atoms with E-state index in [-0.39, 0.29) is 11.4 Å². The molecule has 1 N–H and O–H groups in total. The van der Waals surface area contributed by atoms with Crippen molar-refractivity contribution < 1.29 is 4.39 Å². The zero-order chi connectivity index (χ0) is 10.8. The van der Waals surface area contributed by atoms with Crippen molar-refractivity contribution in [3.05, 3.63) is 34.6 Å². The summed E-state index contributed by atoms with van der Waals surface area (Å²) in [5, 5.41) is 3.77. The molecule has 0 saturated heterocycles. The van der Waals surface area contributed by atoms with Crippen molar-refractivity contribution in [3.63, 3.8) is 0 Å². The SMILES string of the molecule is CC(C)(C)NCc1cc(Cl)ccc1F. The largest absolute Gasteiger partial charge is 0.308 e. The van der Waals surface area contributed by atoms with Gasteiger partial charge in [-0.15, -0.1) is 0 Å². The highest BCUT2D eigenvalue weighted by molar-refractivity contribution is 6.30. The summed E-state index contributed by atoms with van der Waals surface area (Å²) in [5.41, 5.74) is 0.585. The zero-order valence-electron chi connectivity index (χ0n) is 8.70. The number of halogens is 2. The molecule has 0 fully saturated rings. The molecule has 0 saturated carbocycles. The average molecular weight is 216 g/mol. The van der Waals surface area contributed by atoms with E-state index in [1.165, 1.54) is 6.07 Å². The van der Waals surface area contributed by atoms with Crippen LogP contribution in [-0.2, 0) is 6.54 Å². The van der Waals surface area contributed by atoms with Crippen LogP contribution in [0.1, 0.15) is 26.3 Å². The van der Waals surface area contributed by atoms with Gasteiger partial charge in [0.05, 0.1) is 0 Å². The van der Waals surface area contributed by atoms with Crippen LogP contribution < -0.4 is 5.32 Å². The fourth-order valence-electron chi connectivity index (χ4n) is 1.04. The third kappa shape index (κ3) is 3.64. The molecule has 0 spiro atoms. The maximum absolute atomic E-state index is 13.2. The van der Waals surface area contributed by atoms with Gasteiger partial charge in [-0.2, -0.15) is 0 Å². The normalized spacial score (nSPS) is 11.8. The van der Waals surface area contributed by atoms with Crippen molar-refractivity contribution in [1.29, 1.82) is 0 Å². The number of nitrogens with one attached hydrogen (secondary N) is 1. The van der Waals surface area contributed by atoms with Crippen LogP contribution in [0.4, 0.5) is 4.39 Å². The second-order valence-electron chi connectivity index (χ2n) is 4.34. The number of rotatable bonds is 2. The van der Waals surface area contributed by atoms with E-state index in [9.17, 15) is 4.39 Å². The predicted octanol–water partition coefficient (Wildman–Crippen LogP) is 3.37. The Labute approximate surface area is 89.3 Å². The zero-order valence-corrected chi connectivity index (χ0v) is 9.45. The lowest BCUT2D eigenvalue weighted by Gasteiger charge is -2.20.